The molecule has 0 saturated heterocycles. The molecule has 0 radical (unpaired) electrons. The molecule has 0 aromatic rings. The highest BCUT2D eigenvalue weighted by Gasteiger charge is 2.15. The second kappa shape index (κ2) is 5.60. The first-order chi connectivity index (χ1) is 5.90. The second-order valence-electron chi connectivity index (χ2n) is 3.70. The van der Waals surface area contributed by atoms with E-state index in [1.54, 1.807) is 0 Å². The van der Waals surface area contributed by atoms with Gasteiger partial charge in [0.25, 0.3) is 0 Å². The first-order valence-corrected chi connectivity index (χ1v) is 6.81. The van der Waals surface area contributed by atoms with Crippen LogP contribution in [0.2, 0.25) is 0 Å². The van der Waals surface area contributed by atoms with E-state index in [4.69, 9.17) is 0 Å². The minimum Gasteiger partial charge on any atom is -0.317 e. The molecule has 2 atom stereocenters. The molecule has 0 aromatic heterocycles. The topological polar surface area (TPSA) is 46.2 Å². The lowest BCUT2D eigenvalue weighted by Gasteiger charge is -2.21. The van der Waals surface area contributed by atoms with Crippen LogP contribution in [0.3, 0.4) is 0 Å². The zero-order valence-corrected chi connectivity index (χ0v) is 9.82. The Labute approximate surface area is 81.8 Å². The Morgan fingerprint density at radius 2 is 1.92 bits per heavy atom. The third kappa shape index (κ3) is 6.05. The van der Waals surface area contributed by atoms with Crippen LogP contribution in [0, 0.1) is 5.92 Å². The quantitative estimate of drug-likeness (QED) is 0.708. The summed E-state index contributed by atoms with van der Waals surface area (Å²) in [6.07, 6.45) is 3.08. The molecule has 0 spiro atoms. The van der Waals surface area contributed by atoms with Crippen LogP contribution >= 0.6 is 0 Å². The predicted octanol–water partition coefficient (Wildman–Crippen LogP) is 1.06. The Hall–Kier alpha value is -0.0900. The van der Waals surface area contributed by atoms with Gasteiger partial charge in [-0.15, -0.1) is 0 Å². The average Bonchev–Trinajstić information content (AvgIpc) is 2.02. The molecule has 0 saturated carbocycles. The fourth-order valence-electron chi connectivity index (χ4n) is 1.49. The molecule has 0 fully saturated rings. The molecule has 0 aliphatic rings. The third-order valence-electron chi connectivity index (χ3n) is 2.44. The van der Waals surface area contributed by atoms with Gasteiger partial charge in [-0.1, -0.05) is 13.8 Å². The molecule has 1 N–H and O–H groups in total. The molecule has 13 heavy (non-hydrogen) atoms. The summed E-state index contributed by atoms with van der Waals surface area (Å²) in [6.45, 7) is 4.20. The van der Waals surface area contributed by atoms with Gasteiger partial charge in [-0.2, -0.15) is 0 Å². The van der Waals surface area contributed by atoms with E-state index in [9.17, 15) is 8.42 Å². The van der Waals surface area contributed by atoms with Crippen LogP contribution in [0.1, 0.15) is 26.7 Å². The number of rotatable bonds is 6. The third-order valence-corrected chi connectivity index (χ3v) is 3.42. The van der Waals surface area contributed by atoms with Crippen molar-refractivity contribution in [1.29, 1.82) is 0 Å². The van der Waals surface area contributed by atoms with Crippen molar-refractivity contribution in [2.75, 3.05) is 19.1 Å². The van der Waals surface area contributed by atoms with Crippen molar-refractivity contribution in [2.24, 2.45) is 5.92 Å². The normalized spacial score (nSPS) is 16.9. The smallest absolute Gasteiger partial charge is 0.147 e. The van der Waals surface area contributed by atoms with E-state index in [-0.39, 0.29) is 0 Å². The standard InChI is InChI=1S/C9H21NO2S/c1-5-9(10-3)8(2)6-7-13(4,11)12/h8-10H,5-7H2,1-4H3. The lowest BCUT2D eigenvalue weighted by atomic mass is 9.97. The average molecular weight is 207 g/mol. The van der Waals surface area contributed by atoms with Gasteiger partial charge in [-0.05, 0) is 25.8 Å². The van der Waals surface area contributed by atoms with Crippen LogP contribution in [-0.4, -0.2) is 33.5 Å². The van der Waals surface area contributed by atoms with Crippen LogP contribution in [0.4, 0.5) is 0 Å². The minimum absolute atomic E-state index is 0.298. The monoisotopic (exact) mass is 207 g/mol. The fourth-order valence-corrected chi connectivity index (χ4v) is 2.29. The lowest BCUT2D eigenvalue weighted by Crippen LogP contribution is -2.32. The second-order valence-corrected chi connectivity index (χ2v) is 5.96. The molecule has 0 aliphatic carbocycles. The Bertz CT molecular complexity index is 220. The van der Waals surface area contributed by atoms with Crippen LogP contribution in [0.5, 0.6) is 0 Å². The van der Waals surface area contributed by atoms with Crippen LogP contribution in [0.25, 0.3) is 0 Å². The van der Waals surface area contributed by atoms with E-state index >= 15 is 0 Å². The highest BCUT2D eigenvalue weighted by molar-refractivity contribution is 7.90. The van der Waals surface area contributed by atoms with E-state index < -0.39 is 9.84 Å². The van der Waals surface area contributed by atoms with Gasteiger partial charge in [-0.25, -0.2) is 8.42 Å². The molecule has 80 valence electrons. The summed E-state index contributed by atoms with van der Waals surface area (Å²) in [5.74, 6) is 0.719. The number of nitrogens with one attached hydrogen (secondary N) is 1. The molecule has 3 nitrogen and oxygen atoms in total. The molecule has 0 heterocycles. The Morgan fingerprint density at radius 3 is 2.23 bits per heavy atom. The van der Waals surface area contributed by atoms with Gasteiger partial charge in [0, 0.05) is 12.3 Å². The Morgan fingerprint density at radius 1 is 1.38 bits per heavy atom. The van der Waals surface area contributed by atoms with Gasteiger partial charge >= 0.3 is 0 Å². The fraction of sp³-hybridized carbons (Fsp3) is 1.00. The van der Waals surface area contributed by atoms with E-state index in [0.29, 0.717) is 17.7 Å². The molecule has 0 bridgehead atoms. The lowest BCUT2D eigenvalue weighted by molar-refractivity contribution is 0.379. The maximum Gasteiger partial charge on any atom is 0.147 e. The van der Waals surface area contributed by atoms with Gasteiger partial charge in [-0.3, -0.25) is 0 Å². The van der Waals surface area contributed by atoms with Gasteiger partial charge in [0.05, 0.1) is 5.75 Å². The first kappa shape index (κ1) is 12.9. The molecule has 4 heteroatoms. The van der Waals surface area contributed by atoms with Gasteiger partial charge in [0.15, 0.2) is 0 Å². The summed E-state index contributed by atoms with van der Waals surface area (Å²) in [5, 5.41) is 3.19. The molecule has 0 aliphatic heterocycles. The zero-order valence-electron chi connectivity index (χ0n) is 9.00. The summed E-state index contributed by atoms with van der Waals surface area (Å²) in [6, 6.07) is 0.432. The molecule has 0 amide bonds. The van der Waals surface area contributed by atoms with E-state index in [1.165, 1.54) is 6.26 Å². The molecule has 2 unspecified atom stereocenters. The Balaban J connectivity index is 3.92. The van der Waals surface area contributed by atoms with Crippen molar-refractivity contribution in [3.63, 3.8) is 0 Å². The minimum atomic E-state index is -2.80. The summed E-state index contributed by atoms with van der Waals surface area (Å²) in [7, 11) is -0.875. The maximum absolute atomic E-state index is 10.9. The van der Waals surface area contributed by atoms with E-state index in [0.717, 1.165) is 12.8 Å². The van der Waals surface area contributed by atoms with Crippen LogP contribution < -0.4 is 5.32 Å². The maximum atomic E-state index is 10.9. The van der Waals surface area contributed by atoms with E-state index in [1.807, 2.05) is 7.05 Å². The molecular weight excluding hydrogens is 186 g/mol. The highest BCUT2D eigenvalue weighted by atomic mass is 32.2. The summed E-state index contributed by atoms with van der Waals surface area (Å²) in [4.78, 5) is 0. The number of sulfone groups is 1. The molecule has 0 rings (SSSR count). The Kier molecular flexibility index (Phi) is 5.56. The van der Waals surface area contributed by atoms with Crippen molar-refractivity contribution in [2.45, 2.75) is 32.7 Å². The molecular formula is C9H21NO2S. The summed E-state index contributed by atoms with van der Waals surface area (Å²) >= 11 is 0. The SMILES string of the molecule is CCC(NC)C(C)CCS(C)(=O)=O. The number of hydrogen-bond acceptors (Lipinski definition) is 3. The molecule has 0 aromatic carbocycles. The van der Waals surface area contributed by atoms with Crippen LogP contribution in [-0.2, 0) is 9.84 Å². The van der Waals surface area contributed by atoms with Crippen molar-refractivity contribution in [3.05, 3.63) is 0 Å². The van der Waals surface area contributed by atoms with Crippen molar-refractivity contribution < 1.29 is 8.42 Å². The van der Waals surface area contributed by atoms with Crippen molar-refractivity contribution in [1.82, 2.24) is 5.32 Å². The highest BCUT2D eigenvalue weighted by Crippen LogP contribution is 2.11. The van der Waals surface area contributed by atoms with Gasteiger partial charge < -0.3 is 5.32 Å². The zero-order chi connectivity index (χ0) is 10.5. The summed E-state index contributed by atoms with van der Waals surface area (Å²) < 4.78 is 21.8. The first-order valence-electron chi connectivity index (χ1n) is 4.75. The van der Waals surface area contributed by atoms with Crippen molar-refractivity contribution in [3.8, 4) is 0 Å². The van der Waals surface area contributed by atoms with Crippen LogP contribution in [0.15, 0.2) is 0 Å². The largest absolute Gasteiger partial charge is 0.317 e. The number of hydrogen-bond donors (Lipinski definition) is 1. The van der Waals surface area contributed by atoms with E-state index in [2.05, 4.69) is 19.2 Å². The van der Waals surface area contributed by atoms with Crippen molar-refractivity contribution >= 4 is 9.84 Å². The van der Waals surface area contributed by atoms with Gasteiger partial charge in [0.1, 0.15) is 9.84 Å². The van der Waals surface area contributed by atoms with Gasteiger partial charge in [0.2, 0.25) is 0 Å². The predicted molar refractivity (Wildman–Crippen MR) is 56.6 cm³/mol. The summed E-state index contributed by atoms with van der Waals surface area (Å²) in [5.41, 5.74) is 0.